The average molecular weight is 396 g/mol. The Morgan fingerprint density at radius 2 is 1.71 bits per heavy atom. The zero-order chi connectivity index (χ0) is 16.9. The molecule has 2 fully saturated rings. The quantitative estimate of drug-likeness (QED) is 0.424. The summed E-state index contributed by atoms with van der Waals surface area (Å²) in [5.41, 5.74) is 0.974. The van der Waals surface area contributed by atoms with Crippen molar-refractivity contribution in [3.63, 3.8) is 0 Å². The van der Waals surface area contributed by atoms with Crippen molar-refractivity contribution in [1.29, 1.82) is 0 Å². The normalized spacial score (nSPS) is 18.3. The second-order valence-electron chi connectivity index (χ2n) is 5.62. The average Bonchev–Trinajstić information content (AvgIpc) is 2.92. The molecule has 1 aromatic rings. The summed E-state index contributed by atoms with van der Waals surface area (Å²) in [6.07, 6.45) is 5.64. The van der Waals surface area contributed by atoms with E-state index in [1.165, 1.54) is 4.90 Å². The number of anilines is 1. The number of oxime groups is 1. The third-order valence-corrected chi connectivity index (χ3v) is 4.39. The fraction of sp³-hybridized carbons (Fsp3) is 0.533. The van der Waals surface area contributed by atoms with Gasteiger partial charge in [0.2, 0.25) is 17.8 Å². The number of aromatic nitrogens is 2. The van der Waals surface area contributed by atoms with Gasteiger partial charge < -0.3 is 9.74 Å². The van der Waals surface area contributed by atoms with Gasteiger partial charge in [0, 0.05) is 51.2 Å². The Hall–Kier alpha value is -2.03. The zero-order valence-corrected chi connectivity index (χ0v) is 14.7. The van der Waals surface area contributed by atoms with Crippen molar-refractivity contribution < 1.29 is 14.4 Å². The Balaban J connectivity index is 1.41. The van der Waals surface area contributed by atoms with Crippen LogP contribution in [-0.2, 0) is 14.4 Å². The molecule has 24 heavy (non-hydrogen) atoms. The van der Waals surface area contributed by atoms with Crippen LogP contribution in [0.3, 0.4) is 0 Å². The second-order valence-corrected chi connectivity index (χ2v) is 6.53. The fourth-order valence-electron chi connectivity index (χ4n) is 2.67. The molecular weight excluding hydrogens is 378 g/mol. The molecule has 0 bridgehead atoms. The highest BCUT2D eigenvalue weighted by Gasteiger charge is 2.28. The molecule has 0 aliphatic carbocycles. The van der Waals surface area contributed by atoms with E-state index >= 15 is 0 Å². The minimum atomic E-state index is -0.126. The molecule has 0 atom stereocenters. The number of nitrogens with zero attached hydrogens (tertiary/aromatic N) is 5. The summed E-state index contributed by atoms with van der Waals surface area (Å²) in [4.78, 5) is 40.1. The summed E-state index contributed by atoms with van der Waals surface area (Å²) in [7, 11) is 0. The smallest absolute Gasteiger partial charge is 0.229 e. The number of imide groups is 1. The van der Waals surface area contributed by atoms with Gasteiger partial charge in [0.25, 0.3) is 0 Å². The lowest BCUT2D eigenvalue weighted by atomic mass is 10.1. The molecule has 2 amide bonds. The summed E-state index contributed by atoms with van der Waals surface area (Å²) in [6, 6.07) is 0. The van der Waals surface area contributed by atoms with Crippen molar-refractivity contribution in [1.82, 2.24) is 14.9 Å². The number of rotatable bonds is 5. The molecule has 0 aromatic carbocycles. The van der Waals surface area contributed by atoms with Crippen molar-refractivity contribution in [2.75, 3.05) is 31.1 Å². The van der Waals surface area contributed by atoms with Gasteiger partial charge in [-0.2, -0.15) is 0 Å². The molecule has 8 nitrogen and oxygen atoms in total. The summed E-state index contributed by atoms with van der Waals surface area (Å²) in [5.74, 6) is 0.461. The van der Waals surface area contributed by atoms with Crippen LogP contribution in [0.2, 0.25) is 0 Å². The Kier molecular flexibility index (Phi) is 5.39. The highest BCUT2D eigenvalue weighted by molar-refractivity contribution is 9.10. The van der Waals surface area contributed by atoms with Crippen LogP contribution in [0.5, 0.6) is 0 Å². The predicted octanol–water partition coefficient (Wildman–Crippen LogP) is 1.36. The molecular formula is C15H18BrN5O3. The number of likely N-dealkylation sites (tertiary alicyclic amines) is 1. The van der Waals surface area contributed by atoms with Gasteiger partial charge in [-0.25, -0.2) is 9.97 Å². The standard InChI is InChI=1S/C15H18BrN5O3/c16-11-9-17-15(18-10-11)20-5-3-12(4-6-20)19-24-8-7-21-13(22)1-2-14(21)23/h9-10H,1-8H2. The van der Waals surface area contributed by atoms with Gasteiger partial charge in [-0.3, -0.25) is 14.5 Å². The van der Waals surface area contributed by atoms with Crippen LogP contribution >= 0.6 is 15.9 Å². The lowest BCUT2D eigenvalue weighted by Gasteiger charge is -2.27. The minimum Gasteiger partial charge on any atom is -0.394 e. The molecule has 0 unspecified atom stereocenters. The summed E-state index contributed by atoms with van der Waals surface area (Å²) < 4.78 is 0.855. The fourth-order valence-corrected chi connectivity index (χ4v) is 2.87. The highest BCUT2D eigenvalue weighted by atomic mass is 79.9. The van der Waals surface area contributed by atoms with E-state index in [0.717, 1.165) is 36.1 Å². The first-order valence-corrected chi connectivity index (χ1v) is 8.66. The minimum absolute atomic E-state index is 0.126. The van der Waals surface area contributed by atoms with Crippen molar-refractivity contribution in [3.05, 3.63) is 16.9 Å². The molecule has 3 heterocycles. The van der Waals surface area contributed by atoms with E-state index in [0.29, 0.717) is 18.8 Å². The van der Waals surface area contributed by atoms with Crippen molar-refractivity contribution >= 4 is 39.4 Å². The van der Waals surface area contributed by atoms with Crippen molar-refractivity contribution in [2.24, 2.45) is 5.16 Å². The highest BCUT2D eigenvalue weighted by Crippen LogP contribution is 2.16. The first kappa shape index (κ1) is 16.8. The number of carbonyl (C=O) groups is 2. The van der Waals surface area contributed by atoms with E-state index in [1.54, 1.807) is 12.4 Å². The Bertz CT molecular complexity index is 623. The summed E-state index contributed by atoms with van der Waals surface area (Å²) in [5, 5.41) is 4.13. The van der Waals surface area contributed by atoms with Crippen molar-refractivity contribution in [2.45, 2.75) is 25.7 Å². The molecule has 9 heteroatoms. The zero-order valence-electron chi connectivity index (χ0n) is 13.2. The van der Waals surface area contributed by atoms with Crippen LogP contribution in [0, 0.1) is 0 Å². The Morgan fingerprint density at radius 3 is 2.33 bits per heavy atom. The van der Waals surface area contributed by atoms with Gasteiger partial charge >= 0.3 is 0 Å². The van der Waals surface area contributed by atoms with Crippen LogP contribution in [0.15, 0.2) is 22.0 Å². The predicted molar refractivity (Wildman–Crippen MR) is 90.5 cm³/mol. The van der Waals surface area contributed by atoms with Gasteiger partial charge in [-0.15, -0.1) is 0 Å². The number of halogens is 1. The van der Waals surface area contributed by atoms with Gasteiger partial charge in [-0.1, -0.05) is 5.16 Å². The first-order valence-electron chi connectivity index (χ1n) is 7.87. The number of amides is 2. The summed E-state index contributed by atoms with van der Waals surface area (Å²) in [6.45, 7) is 2.08. The first-order chi connectivity index (χ1) is 11.6. The maximum atomic E-state index is 11.5. The molecule has 1 aromatic heterocycles. The molecule has 2 saturated heterocycles. The van der Waals surface area contributed by atoms with Crippen LogP contribution in [-0.4, -0.2) is 58.6 Å². The Morgan fingerprint density at radius 1 is 1.08 bits per heavy atom. The van der Waals surface area contributed by atoms with Gasteiger partial charge in [0.1, 0.15) is 6.61 Å². The lowest BCUT2D eigenvalue weighted by molar-refractivity contribution is -0.139. The maximum Gasteiger partial charge on any atom is 0.229 e. The van der Waals surface area contributed by atoms with Gasteiger partial charge in [0.05, 0.1) is 16.7 Å². The molecule has 2 aliphatic rings. The van der Waals surface area contributed by atoms with E-state index in [9.17, 15) is 9.59 Å². The van der Waals surface area contributed by atoms with E-state index in [2.05, 4.69) is 36.0 Å². The van der Waals surface area contributed by atoms with Crippen LogP contribution in [0.25, 0.3) is 0 Å². The molecule has 3 rings (SSSR count). The topological polar surface area (TPSA) is 88.0 Å². The largest absolute Gasteiger partial charge is 0.394 e. The third kappa shape index (κ3) is 4.08. The van der Waals surface area contributed by atoms with E-state index in [1.807, 2.05) is 0 Å². The van der Waals surface area contributed by atoms with Crippen LogP contribution in [0.4, 0.5) is 5.95 Å². The van der Waals surface area contributed by atoms with E-state index in [4.69, 9.17) is 4.84 Å². The second kappa shape index (κ2) is 7.69. The number of hydrogen-bond acceptors (Lipinski definition) is 7. The maximum absolute atomic E-state index is 11.5. The Labute approximate surface area is 148 Å². The molecule has 2 aliphatic heterocycles. The van der Waals surface area contributed by atoms with E-state index in [-0.39, 0.29) is 25.0 Å². The molecule has 0 saturated carbocycles. The monoisotopic (exact) mass is 395 g/mol. The molecule has 128 valence electrons. The van der Waals surface area contributed by atoms with Gasteiger partial charge in [-0.05, 0) is 15.9 Å². The number of piperidine rings is 1. The number of hydrogen-bond donors (Lipinski definition) is 0. The van der Waals surface area contributed by atoms with Gasteiger partial charge in [0.15, 0.2) is 0 Å². The van der Waals surface area contributed by atoms with Crippen molar-refractivity contribution in [3.8, 4) is 0 Å². The summed E-state index contributed by atoms with van der Waals surface area (Å²) >= 11 is 3.32. The lowest BCUT2D eigenvalue weighted by Crippen LogP contribution is -2.35. The molecule has 0 radical (unpaired) electrons. The third-order valence-electron chi connectivity index (χ3n) is 3.98. The van der Waals surface area contributed by atoms with Crippen LogP contribution in [0.1, 0.15) is 25.7 Å². The van der Waals surface area contributed by atoms with Crippen LogP contribution < -0.4 is 4.90 Å². The SMILES string of the molecule is O=C1CCC(=O)N1CCON=C1CCN(c2ncc(Br)cn2)CC1. The molecule has 0 N–H and O–H groups in total. The number of carbonyl (C=O) groups excluding carboxylic acids is 2. The van der Waals surface area contributed by atoms with E-state index < -0.39 is 0 Å². The molecule has 0 spiro atoms.